The van der Waals surface area contributed by atoms with E-state index >= 15 is 0 Å². The first-order valence-electron chi connectivity index (χ1n) is 10.4. The number of unbranched alkanes of at least 4 members (excludes halogenated alkanes) is 3. The Kier molecular flexibility index (Phi) is 6.17. The fourth-order valence-corrected chi connectivity index (χ4v) is 3.44. The second kappa shape index (κ2) is 9.35. The molecule has 0 aliphatic rings. The van der Waals surface area contributed by atoms with Crippen LogP contribution in [0.4, 0.5) is 5.95 Å². The average molecular weight is 403 g/mol. The molecule has 1 N–H and O–H groups in total. The summed E-state index contributed by atoms with van der Waals surface area (Å²) in [4.78, 5) is 4.58. The number of nitrogens with zero attached hydrogens (tertiary/aromatic N) is 5. The van der Waals surface area contributed by atoms with Crippen LogP contribution in [0.3, 0.4) is 0 Å². The van der Waals surface area contributed by atoms with Crippen molar-refractivity contribution in [3.63, 3.8) is 0 Å². The van der Waals surface area contributed by atoms with Gasteiger partial charge in [0.15, 0.2) is 5.65 Å². The third-order valence-corrected chi connectivity index (χ3v) is 5.05. The molecule has 0 amide bonds. The summed E-state index contributed by atoms with van der Waals surface area (Å²) in [7, 11) is 1.97. The van der Waals surface area contributed by atoms with E-state index in [-0.39, 0.29) is 0 Å². The van der Waals surface area contributed by atoms with Crippen molar-refractivity contribution in [1.29, 1.82) is 0 Å². The van der Waals surface area contributed by atoms with Crippen LogP contribution in [-0.4, -0.2) is 32.6 Å². The summed E-state index contributed by atoms with van der Waals surface area (Å²) in [5.74, 6) is 1.17. The average Bonchev–Trinajstić information content (AvgIpc) is 3.06. The van der Waals surface area contributed by atoms with Gasteiger partial charge in [0, 0.05) is 18.0 Å². The van der Waals surface area contributed by atoms with Crippen LogP contribution in [0, 0.1) is 0 Å². The monoisotopic (exact) mass is 402 g/mol. The smallest absolute Gasteiger partial charge is 0.265 e. The number of ether oxygens (including phenoxy) is 1. The number of anilines is 1. The van der Waals surface area contributed by atoms with Crippen molar-refractivity contribution in [1.82, 2.24) is 19.7 Å². The molecular formula is C23H26N6O. The van der Waals surface area contributed by atoms with Crippen molar-refractivity contribution in [3.8, 4) is 5.75 Å². The van der Waals surface area contributed by atoms with Gasteiger partial charge in [0.05, 0.1) is 18.3 Å². The highest BCUT2D eigenvalue weighted by atomic mass is 16.5. The number of aryl methyl sites for hydroxylation is 1. The van der Waals surface area contributed by atoms with Gasteiger partial charge in [-0.05, 0) is 24.6 Å². The molecule has 30 heavy (non-hydrogen) atoms. The summed E-state index contributed by atoms with van der Waals surface area (Å²) >= 11 is 0. The maximum atomic E-state index is 5.93. The fourth-order valence-electron chi connectivity index (χ4n) is 3.44. The first kappa shape index (κ1) is 19.8. The lowest BCUT2D eigenvalue weighted by molar-refractivity contribution is 0.304. The van der Waals surface area contributed by atoms with Gasteiger partial charge < -0.3 is 9.30 Å². The van der Waals surface area contributed by atoms with Gasteiger partial charge in [-0.25, -0.2) is 5.43 Å². The Morgan fingerprint density at radius 3 is 2.77 bits per heavy atom. The van der Waals surface area contributed by atoms with Gasteiger partial charge in [-0.2, -0.15) is 10.1 Å². The van der Waals surface area contributed by atoms with Gasteiger partial charge in [-0.3, -0.25) is 0 Å². The van der Waals surface area contributed by atoms with Crippen molar-refractivity contribution in [2.24, 2.45) is 12.1 Å². The Morgan fingerprint density at radius 2 is 1.87 bits per heavy atom. The van der Waals surface area contributed by atoms with Crippen molar-refractivity contribution >= 4 is 34.2 Å². The highest BCUT2D eigenvalue weighted by Crippen LogP contribution is 2.24. The minimum Gasteiger partial charge on any atom is -0.493 e. The molecule has 154 valence electrons. The molecule has 2 heterocycles. The van der Waals surface area contributed by atoms with Crippen molar-refractivity contribution in [3.05, 3.63) is 54.1 Å². The van der Waals surface area contributed by atoms with E-state index < -0.39 is 0 Å². The first-order valence-corrected chi connectivity index (χ1v) is 10.4. The molecule has 0 radical (unpaired) electrons. The van der Waals surface area contributed by atoms with Crippen molar-refractivity contribution < 1.29 is 4.74 Å². The van der Waals surface area contributed by atoms with Crippen LogP contribution < -0.4 is 10.2 Å². The van der Waals surface area contributed by atoms with E-state index in [4.69, 9.17) is 4.74 Å². The highest BCUT2D eigenvalue weighted by molar-refractivity contribution is 6.04. The number of aromatic nitrogens is 4. The Bertz CT molecular complexity index is 1170. The zero-order valence-electron chi connectivity index (χ0n) is 17.4. The van der Waals surface area contributed by atoms with Crippen LogP contribution in [-0.2, 0) is 7.05 Å². The minimum absolute atomic E-state index is 0.350. The largest absolute Gasteiger partial charge is 0.493 e. The van der Waals surface area contributed by atoms with Crippen molar-refractivity contribution in [2.45, 2.75) is 32.6 Å². The van der Waals surface area contributed by atoms with Crippen LogP contribution in [0.2, 0.25) is 0 Å². The van der Waals surface area contributed by atoms with E-state index in [1.807, 2.05) is 60.1 Å². The quantitative estimate of drug-likeness (QED) is 0.244. The van der Waals surface area contributed by atoms with Gasteiger partial charge in [-0.1, -0.05) is 56.5 Å². The molecule has 0 saturated heterocycles. The molecule has 2 aromatic carbocycles. The SMILES string of the molecule is CCCCCCOc1ccccc1C=NNc1nnc2c3ccccc3n(C)c2n1. The van der Waals surface area contributed by atoms with Gasteiger partial charge in [0.1, 0.15) is 11.3 Å². The predicted octanol–water partition coefficient (Wildman–Crippen LogP) is 4.92. The van der Waals surface area contributed by atoms with Crippen LogP contribution in [0.1, 0.15) is 38.2 Å². The number of hydrazone groups is 1. The summed E-state index contributed by atoms with van der Waals surface area (Å²) in [6, 6.07) is 15.9. The molecule has 2 aromatic heterocycles. The number of para-hydroxylation sites is 2. The summed E-state index contributed by atoms with van der Waals surface area (Å²) < 4.78 is 7.94. The molecule has 7 nitrogen and oxygen atoms in total. The normalized spacial score (nSPS) is 11.5. The van der Waals surface area contributed by atoms with E-state index in [0.717, 1.165) is 39.8 Å². The Hall–Kier alpha value is -3.48. The third-order valence-electron chi connectivity index (χ3n) is 5.05. The fraction of sp³-hybridized carbons (Fsp3) is 0.304. The van der Waals surface area contributed by atoms with Crippen LogP contribution in [0.15, 0.2) is 53.6 Å². The van der Waals surface area contributed by atoms with E-state index in [1.54, 1.807) is 6.21 Å². The molecule has 0 unspecified atom stereocenters. The number of benzene rings is 2. The topological polar surface area (TPSA) is 77.2 Å². The maximum absolute atomic E-state index is 5.93. The Balaban J connectivity index is 1.46. The van der Waals surface area contributed by atoms with E-state index in [0.29, 0.717) is 12.6 Å². The van der Waals surface area contributed by atoms with Crippen molar-refractivity contribution in [2.75, 3.05) is 12.0 Å². The third kappa shape index (κ3) is 4.25. The Labute approximate surface area is 175 Å². The lowest BCUT2D eigenvalue weighted by Gasteiger charge is -2.08. The highest BCUT2D eigenvalue weighted by Gasteiger charge is 2.11. The minimum atomic E-state index is 0.350. The molecule has 0 aliphatic heterocycles. The molecule has 0 fully saturated rings. The van der Waals surface area contributed by atoms with Gasteiger partial charge in [-0.15, -0.1) is 10.2 Å². The number of nitrogens with one attached hydrogen (secondary N) is 1. The molecule has 4 rings (SSSR count). The van der Waals surface area contributed by atoms with Gasteiger partial charge in [0.25, 0.3) is 5.95 Å². The van der Waals surface area contributed by atoms with Crippen LogP contribution in [0.25, 0.3) is 22.1 Å². The number of hydrogen-bond acceptors (Lipinski definition) is 6. The first-order chi connectivity index (χ1) is 14.8. The summed E-state index contributed by atoms with van der Waals surface area (Å²) in [5, 5.41) is 13.8. The number of hydrogen-bond donors (Lipinski definition) is 1. The van der Waals surface area contributed by atoms with Gasteiger partial charge in [0.2, 0.25) is 0 Å². The molecule has 0 saturated carbocycles. The molecule has 0 spiro atoms. The van der Waals surface area contributed by atoms with Crippen LogP contribution in [0.5, 0.6) is 5.75 Å². The second-order valence-electron chi connectivity index (χ2n) is 7.20. The molecule has 4 aromatic rings. The van der Waals surface area contributed by atoms with E-state index in [9.17, 15) is 0 Å². The Morgan fingerprint density at radius 1 is 1.03 bits per heavy atom. The molecule has 0 atom stereocenters. The summed E-state index contributed by atoms with van der Waals surface area (Å²) in [5.41, 5.74) is 6.40. The zero-order chi connectivity index (χ0) is 20.8. The van der Waals surface area contributed by atoms with Gasteiger partial charge >= 0.3 is 0 Å². The standard InChI is InChI=1S/C23H26N6O/c1-3-4-5-10-15-30-20-14-9-6-11-17(20)16-24-27-23-25-22-21(26-28-23)18-12-7-8-13-19(18)29(22)2/h6-9,11-14,16H,3-5,10,15H2,1-2H3,(H,25,27,28). The second-order valence-corrected chi connectivity index (χ2v) is 7.20. The molecular weight excluding hydrogens is 376 g/mol. The van der Waals surface area contributed by atoms with E-state index in [1.165, 1.54) is 19.3 Å². The zero-order valence-corrected chi connectivity index (χ0v) is 17.4. The number of rotatable bonds is 9. The molecule has 7 heteroatoms. The van der Waals surface area contributed by atoms with E-state index in [2.05, 4.69) is 32.6 Å². The lowest BCUT2D eigenvalue weighted by Crippen LogP contribution is -2.02. The summed E-state index contributed by atoms with van der Waals surface area (Å²) in [6.45, 7) is 2.92. The maximum Gasteiger partial charge on any atom is 0.265 e. The van der Waals surface area contributed by atoms with Crippen LogP contribution >= 0.6 is 0 Å². The number of fused-ring (bicyclic) bond motifs is 3. The predicted molar refractivity (Wildman–Crippen MR) is 121 cm³/mol. The molecule has 0 aliphatic carbocycles. The summed E-state index contributed by atoms with van der Waals surface area (Å²) in [6.07, 6.45) is 6.43. The molecule has 0 bridgehead atoms. The lowest BCUT2D eigenvalue weighted by atomic mass is 10.2.